The molecule has 2 heterocycles. The van der Waals surface area contributed by atoms with Crippen molar-refractivity contribution in [3.05, 3.63) is 16.5 Å². The molecule has 1 fully saturated rings. The van der Waals surface area contributed by atoms with Gasteiger partial charge in [-0.3, -0.25) is 4.79 Å². The maximum Gasteiger partial charge on any atom is 0.264 e. The molecule has 1 unspecified atom stereocenters. The first-order valence-electron chi connectivity index (χ1n) is 7.69. The van der Waals surface area contributed by atoms with Gasteiger partial charge in [-0.2, -0.15) is 0 Å². The van der Waals surface area contributed by atoms with Gasteiger partial charge in [0.25, 0.3) is 5.91 Å². The van der Waals surface area contributed by atoms with Gasteiger partial charge in [0.05, 0.1) is 17.0 Å². The first-order valence-corrected chi connectivity index (χ1v) is 10.1. The molecule has 130 valence electrons. The van der Waals surface area contributed by atoms with Gasteiger partial charge in [-0.25, -0.2) is 13.6 Å². The van der Waals surface area contributed by atoms with E-state index < -0.39 is 10.0 Å². The van der Waals surface area contributed by atoms with Crippen LogP contribution < -0.4 is 5.14 Å². The summed E-state index contributed by atoms with van der Waals surface area (Å²) in [6.45, 7) is 5.00. The number of hydrogen-bond acceptors (Lipinski definition) is 5. The summed E-state index contributed by atoms with van der Waals surface area (Å²) in [5, 5.41) is 5.18. The highest BCUT2D eigenvalue weighted by atomic mass is 32.2. The van der Waals surface area contributed by atoms with Crippen LogP contribution in [0.1, 0.15) is 47.8 Å². The van der Waals surface area contributed by atoms with Gasteiger partial charge in [0.15, 0.2) is 0 Å². The smallest absolute Gasteiger partial charge is 0.264 e. The summed E-state index contributed by atoms with van der Waals surface area (Å²) in [4.78, 5) is 15.3. The highest BCUT2D eigenvalue weighted by molar-refractivity contribution is 7.91. The second kappa shape index (κ2) is 6.88. The molecule has 2 N–H and O–H groups in total. The molecule has 2 rings (SSSR count). The molecule has 0 spiro atoms. The summed E-state index contributed by atoms with van der Waals surface area (Å²) in [5.41, 5.74) is 0.359. The molecule has 1 saturated heterocycles. The van der Waals surface area contributed by atoms with E-state index >= 15 is 0 Å². The van der Waals surface area contributed by atoms with E-state index in [-0.39, 0.29) is 15.7 Å². The Labute approximate surface area is 141 Å². The van der Waals surface area contributed by atoms with Crippen LogP contribution in [0.15, 0.2) is 10.3 Å². The van der Waals surface area contributed by atoms with E-state index in [1.54, 1.807) is 14.0 Å². The van der Waals surface area contributed by atoms with Crippen LogP contribution >= 0.6 is 11.3 Å². The second-order valence-electron chi connectivity index (χ2n) is 6.09. The monoisotopic (exact) mass is 360 g/mol. The Hall–Kier alpha value is -0.960. The second-order valence-corrected chi connectivity index (χ2v) is 8.93. The fraction of sp³-hybridized carbons (Fsp3) is 0.667. The molecule has 23 heavy (non-hydrogen) atoms. The van der Waals surface area contributed by atoms with Crippen molar-refractivity contribution in [3.8, 4) is 0 Å². The van der Waals surface area contributed by atoms with Crippen molar-refractivity contribution in [1.82, 2.24) is 4.90 Å². The number of carbonyl (C=O) groups is 1. The zero-order valence-corrected chi connectivity index (χ0v) is 15.4. The van der Waals surface area contributed by atoms with E-state index in [4.69, 9.17) is 9.88 Å². The molecule has 0 bridgehead atoms. The van der Waals surface area contributed by atoms with E-state index in [0.717, 1.165) is 37.0 Å². The predicted octanol–water partition coefficient (Wildman–Crippen LogP) is 2.13. The summed E-state index contributed by atoms with van der Waals surface area (Å²) in [7, 11) is -2.14. The van der Waals surface area contributed by atoms with Crippen molar-refractivity contribution in [2.24, 2.45) is 5.14 Å². The molecule has 8 heteroatoms. The average molecular weight is 361 g/mol. The molecule has 0 saturated carbocycles. The Balaban J connectivity index is 2.37. The fourth-order valence-electron chi connectivity index (χ4n) is 3.40. The van der Waals surface area contributed by atoms with Crippen LogP contribution in [0, 0.1) is 6.92 Å². The number of nitrogens with two attached hydrogens (primary N) is 1. The van der Waals surface area contributed by atoms with Gasteiger partial charge in [-0.1, -0.05) is 13.3 Å². The number of amides is 1. The van der Waals surface area contributed by atoms with E-state index in [1.807, 2.05) is 4.90 Å². The number of aryl methyl sites for hydroxylation is 1. The Kier molecular flexibility index (Phi) is 5.50. The Morgan fingerprint density at radius 2 is 2.22 bits per heavy atom. The number of rotatable bonds is 6. The highest BCUT2D eigenvalue weighted by Crippen LogP contribution is 2.37. The average Bonchev–Trinajstić information content (AvgIpc) is 3.03. The van der Waals surface area contributed by atoms with Crippen LogP contribution in [0.25, 0.3) is 0 Å². The molecule has 1 amide bonds. The number of carbonyl (C=O) groups excluding carboxylic acids is 1. The quantitative estimate of drug-likeness (QED) is 0.841. The Morgan fingerprint density at radius 3 is 2.74 bits per heavy atom. The summed E-state index contributed by atoms with van der Waals surface area (Å²) in [5.74, 6) is -0.120. The van der Waals surface area contributed by atoms with Crippen LogP contribution in [0.3, 0.4) is 0 Å². The van der Waals surface area contributed by atoms with Gasteiger partial charge in [0.1, 0.15) is 4.21 Å². The standard InChI is InChI=1S/C15H24N2O4S2/c1-4-6-15(10-21-3)7-5-8-17(15)14(18)13-11(2)9-12(22-13)23(16,19)20/h9H,4-8,10H2,1-3H3,(H2,16,19,20). The first kappa shape index (κ1) is 18.4. The van der Waals surface area contributed by atoms with E-state index in [9.17, 15) is 13.2 Å². The number of ether oxygens (including phenoxy) is 1. The molecular formula is C15H24N2O4S2. The van der Waals surface area contributed by atoms with Gasteiger partial charge in [-0.15, -0.1) is 11.3 Å². The van der Waals surface area contributed by atoms with E-state index in [1.165, 1.54) is 6.07 Å². The molecule has 1 atom stereocenters. The third kappa shape index (κ3) is 3.60. The number of likely N-dealkylation sites (tertiary alicyclic amines) is 1. The van der Waals surface area contributed by atoms with Crippen molar-refractivity contribution in [1.29, 1.82) is 0 Å². The Morgan fingerprint density at radius 1 is 1.52 bits per heavy atom. The highest BCUT2D eigenvalue weighted by Gasteiger charge is 2.43. The summed E-state index contributed by atoms with van der Waals surface area (Å²) in [6, 6.07) is 1.47. The molecule has 6 nitrogen and oxygen atoms in total. The molecule has 1 aliphatic heterocycles. The Bertz CT molecular complexity index is 676. The molecule has 0 aromatic carbocycles. The molecule has 0 aliphatic carbocycles. The summed E-state index contributed by atoms with van der Waals surface area (Å²) >= 11 is 0.953. The fourth-order valence-corrected chi connectivity index (χ4v) is 5.31. The van der Waals surface area contributed by atoms with Crippen LogP contribution in [0.5, 0.6) is 0 Å². The van der Waals surface area contributed by atoms with Crippen molar-refractivity contribution in [3.63, 3.8) is 0 Å². The lowest BCUT2D eigenvalue weighted by atomic mass is 9.91. The van der Waals surface area contributed by atoms with Crippen LogP contribution in [0.4, 0.5) is 0 Å². The lowest BCUT2D eigenvalue weighted by Crippen LogP contribution is -2.50. The minimum Gasteiger partial charge on any atom is -0.382 e. The number of hydrogen-bond donors (Lipinski definition) is 1. The predicted molar refractivity (Wildman–Crippen MR) is 90.2 cm³/mol. The lowest BCUT2D eigenvalue weighted by Gasteiger charge is -2.38. The zero-order chi connectivity index (χ0) is 17.3. The minimum atomic E-state index is -3.79. The number of primary sulfonamides is 1. The van der Waals surface area contributed by atoms with Gasteiger partial charge < -0.3 is 9.64 Å². The first-order chi connectivity index (χ1) is 10.7. The maximum absolute atomic E-state index is 13.0. The molecule has 0 radical (unpaired) electrons. The van der Waals surface area contributed by atoms with Gasteiger partial charge in [0.2, 0.25) is 10.0 Å². The van der Waals surface area contributed by atoms with Crippen molar-refractivity contribution < 1.29 is 17.9 Å². The van der Waals surface area contributed by atoms with Gasteiger partial charge >= 0.3 is 0 Å². The minimum absolute atomic E-state index is 0.0328. The number of nitrogens with zero attached hydrogens (tertiary/aromatic N) is 1. The molecule has 1 aromatic heterocycles. The largest absolute Gasteiger partial charge is 0.382 e. The summed E-state index contributed by atoms with van der Waals surface area (Å²) < 4.78 is 28.4. The zero-order valence-electron chi connectivity index (χ0n) is 13.8. The normalized spacial score (nSPS) is 21.8. The maximum atomic E-state index is 13.0. The number of sulfonamides is 1. The summed E-state index contributed by atoms with van der Waals surface area (Å²) in [6.07, 6.45) is 3.67. The molecular weight excluding hydrogens is 336 g/mol. The third-order valence-corrected chi connectivity index (χ3v) is 6.99. The van der Waals surface area contributed by atoms with E-state index in [0.29, 0.717) is 23.6 Å². The van der Waals surface area contributed by atoms with Crippen LogP contribution in [0.2, 0.25) is 0 Å². The number of methoxy groups -OCH3 is 1. The lowest BCUT2D eigenvalue weighted by molar-refractivity contribution is 0.0257. The van der Waals surface area contributed by atoms with Gasteiger partial charge in [0, 0.05) is 13.7 Å². The van der Waals surface area contributed by atoms with Crippen LogP contribution in [-0.2, 0) is 14.8 Å². The number of thiophene rings is 1. The van der Waals surface area contributed by atoms with Gasteiger partial charge in [-0.05, 0) is 37.8 Å². The van der Waals surface area contributed by atoms with E-state index in [2.05, 4.69) is 6.92 Å². The SMILES string of the molecule is CCCC1(COC)CCCN1C(=O)c1sc(S(N)(=O)=O)cc1C. The van der Waals surface area contributed by atoms with Crippen molar-refractivity contribution in [2.75, 3.05) is 20.3 Å². The van der Waals surface area contributed by atoms with Crippen molar-refractivity contribution >= 4 is 27.3 Å². The van der Waals surface area contributed by atoms with Crippen LogP contribution in [-0.4, -0.2) is 45.0 Å². The topological polar surface area (TPSA) is 89.7 Å². The molecule has 1 aromatic rings. The van der Waals surface area contributed by atoms with Crippen molar-refractivity contribution in [2.45, 2.75) is 49.3 Å². The third-order valence-electron chi connectivity index (χ3n) is 4.34. The molecule has 1 aliphatic rings.